The first-order chi connectivity index (χ1) is 25.3. The van der Waals surface area contributed by atoms with Crippen LogP contribution in [0.4, 0.5) is 5.69 Å². The first-order valence-electron chi connectivity index (χ1n) is 19.9. The average Bonchev–Trinajstić information content (AvgIpc) is 3.14. The van der Waals surface area contributed by atoms with Crippen LogP contribution in [0.5, 0.6) is 0 Å². The minimum Gasteiger partial charge on any atom is -0.381 e. The number of unbranched alkanes of at least 4 members (excludes halogenated alkanes) is 3. The van der Waals surface area contributed by atoms with Crippen molar-refractivity contribution >= 4 is 17.2 Å². The molecule has 5 rings (SSSR count). The number of carbonyl (C=O) groups is 1. The van der Waals surface area contributed by atoms with Gasteiger partial charge in [0.25, 0.3) is 11.5 Å². The highest BCUT2D eigenvalue weighted by atomic mass is 16.5. The lowest BCUT2D eigenvalue weighted by Gasteiger charge is -2.37. The lowest BCUT2D eigenvalue weighted by Crippen LogP contribution is -2.47. The minimum atomic E-state index is -0.153. The molecule has 0 unspecified atom stereocenters. The highest BCUT2D eigenvalue weighted by Crippen LogP contribution is 2.35. The molecule has 286 valence electrons. The summed E-state index contributed by atoms with van der Waals surface area (Å²) in [4.78, 5) is 37.1. The van der Waals surface area contributed by atoms with Gasteiger partial charge in [0.2, 0.25) is 0 Å². The Morgan fingerprint density at radius 1 is 0.981 bits per heavy atom. The monoisotopic (exact) mass is 716 g/mol. The molecule has 2 saturated heterocycles. The number of anilines is 1. The first-order valence-corrected chi connectivity index (χ1v) is 19.9. The Hall–Kier alpha value is -3.28. The van der Waals surface area contributed by atoms with Gasteiger partial charge in [0.1, 0.15) is 0 Å². The van der Waals surface area contributed by atoms with E-state index >= 15 is 0 Å². The first kappa shape index (κ1) is 39.9. The van der Waals surface area contributed by atoms with E-state index in [4.69, 9.17) is 15.2 Å². The van der Waals surface area contributed by atoms with Gasteiger partial charge in [0, 0.05) is 101 Å². The normalized spacial score (nSPS) is 17.6. The van der Waals surface area contributed by atoms with Crippen LogP contribution in [0.3, 0.4) is 0 Å². The number of ether oxygens (including phenoxy) is 2. The predicted molar refractivity (Wildman–Crippen MR) is 212 cm³/mol. The molecule has 4 N–H and O–H groups in total. The van der Waals surface area contributed by atoms with Crippen molar-refractivity contribution in [2.24, 2.45) is 5.73 Å². The molecular formula is C42H64N6O4. The van der Waals surface area contributed by atoms with E-state index in [0.29, 0.717) is 17.2 Å². The fourth-order valence-electron chi connectivity index (χ4n) is 7.91. The average molecular weight is 717 g/mol. The summed E-state index contributed by atoms with van der Waals surface area (Å²) in [6.07, 6.45) is 13.2. The summed E-state index contributed by atoms with van der Waals surface area (Å²) in [5.41, 5.74) is 14.3. The molecule has 0 atom stereocenters. The molecule has 2 aromatic rings. The smallest absolute Gasteiger partial charge is 0.253 e. The van der Waals surface area contributed by atoms with Crippen LogP contribution in [0.25, 0.3) is 5.57 Å². The van der Waals surface area contributed by atoms with Gasteiger partial charge in [0.05, 0.1) is 6.61 Å². The summed E-state index contributed by atoms with van der Waals surface area (Å²) in [7, 11) is 0. The summed E-state index contributed by atoms with van der Waals surface area (Å²) in [5.74, 6) is -0.153. The number of pyridine rings is 1. The lowest BCUT2D eigenvalue weighted by atomic mass is 9.89. The molecule has 1 amide bonds. The van der Waals surface area contributed by atoms with Gasteiger partial charge in [-0.3, -0.25) is 19.4 Å². The van der Waals surface area contributed by atoms with Crippen LogP contribution in [-0.2, 0) is 16.0 Å². The number of carbonyl (C=O) groups excluding carboxylic acids is 1. The van der Waals surface area contributed by atoms with Crippen molar-refractivity contribution in [3.8, 4) is 0 Å². The van der Waals surface area contributed by atoms with E-state index in [-0.39, 0.29) is 18.0 Å². The Morgan fingerprint density at radius 2 is 1.73 bits per heavy atom. The number of nitrogens with zero attached hydrogens (tertiary/aromatic N) is 3. The maximum Gasteiger partial charge on any atom is 0.253 e. The fraction of sp³-hybridized carbons (Fsp3) is 0.619. The third kappa shape index (κ3) is 11.1. The molecule has 10 heteroatoms. The van der Waals surface area contributed by atoms with Gasteiger partial charge in [0.15, 0.2) is 0 Å². The zero-order chi connectivity index (χ0) is 36.9. The lowest BCUT2D eigenvalue weighted by molar-refractivity contribution is 0.0761. The Balaban J connectivity index is 1.24. The van der Waals surface area contributed by atoms with E-state index < -0.39 is 0 Å². The molecule has 3 aliphatic rings. The van der Waals surface area contributed by atoms with Crippen molar-refractivity contribution in [3.05, 3.63) is 79.8 Å². The van der Waals surface area contributed by atoms with Gasteiger partial charge in [-0.1, -0.05) is 30.6 Å². The van der Waals surface area contributed by atoms with Gasteiger partial charge < -0.3 is 30.4 Å². The SMILES string of the molecule is CCN(c1cc(C2=CC=C(CN3CCN(CCOCCCCCCN)CC3)CC2)cc(C(=O)NCc2c(C)cc(C)[nH]c2=O)c1C)C1CCOCC1. The number of aromatic amines is 1. The van der Waals surface area contributed by atoms with Crippen LogP contribution in [0.2, 0.25) is 0 Å². The molecule has 1 aromatic carbocycles. The van der Waals surface area contributed by atoms with E-state index in [9.17, 15) is 9.59 Å². The molecule has 2 aliphatic heterocycles. The zero-order valence-corrected chi connectivity index (χ0v) is 32.4. The molecular weight excluding hydrogens is 653 g/mol. The molecule has 0 saturated carbocycles. The van der Waals surface area contributed by atoms with Gasteiger partial charge in [-0.15, -0.1) is 0 Å². The van der Waals surface area contributed by atoms with Crippen molar-refractivity contribution in [2.45, 2.75) is 91.6 Å². The molecule has 3 heterocycles. The van der Waals surface area contributed by atoms with E-state index in [1.165, 1.54) is 24.0 Å². The van der Waals surface area contributed by atoms with Gasteiger partial charge in [-0.25, -0.2) is 0 Å². The largest absolute Gasteiger partial charge is 0.381 e. The molecule has 1 aromatic heterocycles. The maximum absolute atomic E-state index is 13.9. The fourth-order valence-corrected chi connectivity index (χ4v) is 7.91. The highest BCUT2D eigenvalue weighted by Gasteiger charge is 2.26. The van der Waals surface area contributed by atoms with Crippen LogP contribution >= 0.6 is 0 Å². The molecule has 10 nitrogen and oxygen atoms in total. The van der Waals surface area contributed by atoms with Crippen LogP contribution in [0.1, 0.15) is 96.6 Å². The number of piperazine rings is 1. The third-order valence-corrected chi connectivity index (χ3v) is 11.1. The molecule has 0 radical (unpaired) electrons. The molecule has 1 aliphatic carbocycles. The van der Waals surface area contributed by atoms with E-state index in [1.807, 2.05) is 19.9 Å². The zero-order valence-electron chi connectivity index (χ0n) is 32.4. The van der Waals surface area contributed by atoms with E-state index in [2.05, 4.69) is 63.1 Å². The van der Waals surface area contributed by atoms with Crippen molar-refractivity contribution in [2.75, 3.05) is 83.7 Å². The molecule has 2 fully saturated rings. The van der Waals surface area contributed by atoms with Crippen LogP contribution in [0.15, 0.2) is 40.7 Å². The Bertz CT molecular complexity index is 1590. The third-order valence-electron chi connectivity index (χ3n) is 11.1. The van der Waals surface area contributed by atoms with Crippen molar-refractivity contribution in [1.82, 2.24) is 20.1 Å². The standard InChI is InChI=1S/C42H64N6O4/c1-5-48(37-14-23-52-24-15-37)40-28-36(27-38(33(40)4)41(49)44-29-39-31(2)26-32(3)45-42(39)50)35-12-10-34(11-13-35)30-47-19-17-46(18-20-47)21-25-51-22-9-7-6-8-16-43/h10,12,26-28,37H,5-9,11,13-25,29-30,43H2,1-4H3,(H,44,49)(H,45,50). The second-order valence-electron chi connectivity index (χ2n) is 14.9. The number of aromatic nitrogens is 1. The molecule has 52 heavy (non-hydrogen) atoms. The van der Waals surface area contributed by atoms with Gasteiger partial charge in [-0.05, 0) is 113 Å². The molecule has 0 spiro atoms. The van der Waals surface area contributed by atoms with Gasteiger partial charge >= 0.3 is 0 Å². The van der Waals surface area contributed by atoms with Gasteiger partial charge in [-0.2, -0.15) is 0 Å². The van der Waals surface area contributed by atoms with E-state index in [0.717, 1.165) is 145 Å². The van der Waals surface area contributed by atoms with Crippen LogP contribution in [-0.4, -0.2) is 106 Å². The number of nitrogens with two attached hydrogens (primary N) is 1. The number of aryl methyl sites for hydroxylation is 2. The van der Waals surface area contributed by atoms with Crippen LogP contribution < -0.4 is 21.5 Å². The number of nitrogens with one attached hydrogen (secondary N) is 2. The number of H-pyrrole nitrogens is 1. The van der Waals surface area contributed by atoms with E-state index in [1.54, 1.807) is 0 Å². The number of benzene rings is 1. The summed E-state index contributed by atoms with van der Waals surface area (Å²) < 4.78 is 11.6. The topological polar surface area (TPSA) is 116 Å². The molecule has 0 bridgehead atoms. The quantitative estimate of drug-likeness (QED) is 0.174. The second kappa shape index (κ2) is 20.3. The Labute approximate surface area is 311 Å². The number of hydrogen-bond donors (Lipinski definition) is 3. The van der Waals surface area contributed by atoms with Crippen molar-refractivity contribution in [1.29, 1.82) is 0 Å². The summed E-state index contributed by atoms with van der Waals surface area (Å²) in [6.45, 7) is 19.4. The number of allylic oxidation sites excluding steroid dienone is 3. The second-order valence-corrected chi connectivity index (χ2v) is 14.9. The summed E-state index contributed by atoms with van der Waals surface area (Å²) >= 11 is 0. The number of rotatable bonds is 18. The maximum atomic E-state index is 13.9. The highest BCUT2D eigenvalue weighted by molar-refractivity contribution is 5.98. The number of hydrogen-bond acceptors (Lipinski definition) is 8. The van der Waals surface area contributed by atoms with Crippen LogP contribution in [0, 0.1) is 20.8 Å². The number of amides is 1. The Morgan fingerprint density at radius 3 is 2.42 bits per heavy atom. The summed E-state index contributed by atoms with van der Waals surface area (Å²) in [6, 6.07) is 6.68. The van der Waals surface area contributed by atoms with Crippen molar-refractivity contribution in [3.63, 3.8) is 0 Å². The minimum absolute atomic E-state index is 0.150. The summed E-state index contributed by atoms with van der Waals surface area (Å²) in [5, 5.41) is 3.08. The predicted octanol–water partition coefficient (Wildman–Crippen LogP) is 5.49. The Kier molecular flexibility index (Phi) is 15.5. The van der Waals surface area contributed by atoms with Crippen molar-refractivity contribution < 1.29 is 14.3 Å².